The lowest BCUT2D eigenvalue weighted by Crippen LogP contribution is -2.19. The van der Waals surface area contributed by atoms with Gasteiger partial charge in [0.2, 0.25) is 5.95 Å². The van der Waals surface area contributed by atoms with Crippen molar-refractivity contribution in [2.45, 2.75) is 13.3 Å². The van der Waals surface area contributed by atoms with Crippen molar-refractivity contribution < 1.29 is 4.79 Å². The predicted octanol–water partition coefficient (Wildman–Crippen LogP) is 6.76. The molecule has 0 bridgehead atoms. The second-order valence-corrected chi connectivity index (χ2v) is 8.41. The summed E-state index contributed by atoms with van der Waals surface area (Å²) in [5.41, 5.74) is 1.79. The molecular weight excluding hydrogens is 497 g/mol. The summed E-state index contributed by atoms with van der Waals surface area (Å²) >= 11 is 18.0. The van der Waals surface area contributed by atoms with Gasteiger partial charge in [-0.15, -0.1) is 0 Å². The van der Waals surface area contributed by atoms with Crippen LogP contribution >= 0.6 is 34.8 Å². The van der Waals surface area contributed by atoms with E-state index in [1.54, 1.807) is 24.5 Å². The summed E-state index contributed by atoms with van der Waals surface area (Å²) in [5, 5.41) is 9.48. The molecule has 4 rings (SSSR count). The van der Waals surface area contributed by atoms with Crippen molar-refractivity contribution in [3.63, 3.8) is 0 Å². The molecule has 174 valence electrons. The van der Waals surface area contributed by atoms with E-state index < -0.39 is 6.03 Å². The lowest BCUT2D eigenvalue weighted by Gasteiger charge is -2.11. The zero-order valence-electron chi connectivity index (χ0n) is 18.0. The van der Waals surface area contributed by atoms with Crippen molar-refractivity contribution in [2.24, 2.45) is 0 Å². The van der Waals surface area contributed by atoms with E-state index in [9.17, 15) is 4.79 Å². The number of aromatic nitrogens is 4. The van der Waals surface area contributed by atoms with E-state index in [4.69, 9.17) is 34.8 Å². The van der Waals surface area contributed by atoms with Gasteiger partial charge in [-0.2, -0.15) is 4.98 Å². The second-order valence-electron chi connectivity index (χ2n) is 7.19. The van der Waals surface area contributed by atoms with Gasteiger partial charge in [0.25, 0.3) is 0 Å². The van der Waals surface area contributed by atoms with Crippen LogP contribution in [0.4, 0.5) is 22.1 Å². The van der Waals surface area contributed by atoms with Gasteiger partial charge in [0.1, 0.15) is 11.6 Å². The maximum absolute atomic E-state index is 12.4. The van der Waals surface area contributed by atoms with Gasteiger partial charge >= 0.3 is 6.03 Å². The SMILES string of the molecule is CCCNc1nccc(-n2ccnc2-c2ccc(NC(=O)Nc3cc(Cl)c(Cl)cc3Cl)cc2)n1. The van der Waals surface area contributed by atoms with Gasteiger partial charge in [0.15, 0.2) is 0 Å². The normalized spacial score (nSPS) is 10.7. The van der Waals surface area contributed by atoms with Crippen LogP contribution < -0.4 is 16.0 Å². The molecule has 0 aliphatic heterocycles. The number of carbonyl (C=O) groups is 1. The molecule has 8 nitrogen and oxygen atoms in total. The molecule has 0 radical (unpaired) electrons. The number of hydrogen-bond acceptors (Lipinski definition) is 5. The molecule has 0 aliphatic carbocycles. The van der Waals surface area contributed by atoms with E-state index in [-0.39, 0.29) is 10.0 Å². The van der Waals surface area contributed by atoms with Gasteiger partial charge in [-0.25, -0.2) is 14.8 Å². The Labute approximate surface area is 211 Å². The first-order valence-corrected chi connectivity index (χ1v) is 11.5. The molecule has 2 amide bonds. The molecule has 0 fully saturated rings. The average Bonchev–Trinajstić information content (AvgIpc) is 3.32. The number of amides is 2. The highest BCUT2D eigenvalue weighted by atomic mass is 35.5. The summed E-state index contributed by atoms with van der Waals surface area (Å²) < 4.78 is 1.88. The maximum Gasteiger partial charge on any atom is 0.323 e. The summed E-state index contributed by atoms with van der Waals surface area (Å²) in [5.74, 6) is 1.96. The van der Waals surface area contributed by atoms with Crippen molar-refractivity contribution in [1.29, 1.82) is 0 Å². The molecule has 34 heavy (non-hydrogen) atoms. The number of nitrogens with zero attached hydrogens (tertiary/aromatic N) is 4. The molecule has 11 heteroatoms. The molecule has 0 unspecified atom stereocenters. The molecule has 0 saturated carbocycles. The first-order chi connectivity index (χ1) is 16.4. The number of nitrogens with one attached hydrogen (secondary N) is 3. The standard InChI is InChI=1S/C23H20Cl3N7O/c1-2-8-28-22-29-9-7-20(32-22)33-11-10-27-21(33)14-3-5-15(6-4-14)30-23(34)31-19-13-17(25)16(24)12-18(19)26/h3-7,9-13H,2,8H2,1H3,(H,28,29,32)(H2,30,31,34). The van der Waals surface area contributed by atoms with Crippen LogP contribution in [0.1, 0.15) is 13.3 Å². The van der Waals surface area contributed by atoms with Crippen LogP contribution in [0.3, 0.4) is 0 Å². The highest BCUT2D eigenvalue weighted by molar-refractivity contribution is 6.44. The van der Waals surface area contributed by atoms with Crippen LogP contribution in [0.15, 0.2) is 61.1 Å². The third kappa shape index (κ3) is 5.59. The predicted molar refractivity (Wildman–Crippen MR) is 137 cm³/mol. The van der Waals surface area contributed by atoms with E-state index in [2.05, 4.69) is 37.8 Å². The van der Waals surface area contributed by atoms with Crippen molar-refractivity contribution in [3.8, 4) is 17.2 Å². The number of anilines is 3. The fraction of sp³-hybridized carbons (Fsp3) is 0.130. The number of rotatable bonds is 7. The quantitative estimate of drug-likeness (QED) is 0.236. The number of halogens is 3. The topological polar surface area (TPSA) is 96.8 Å². The molecule has 2 aromatic carbocycles. The highest BCUT2D eigenvalue weighted by Crippen LogP contribution is 2.32. The lowest BCUT2D eigenvalue weighted by molar-refractivity contribution is 0.262. The van der Waals surface area contributed by atoms with Gasteiger partial charge < -0.3 is 16.0 Å². The van der Waals surface area contributed by atoms with Crippen LogP contribution in [-0.4, -0.2) is 32.1 Å². The lowest BCUT2D eigenvalue weighted by atomic mass is 10.2. The van der Waals surface area contributed by atoms with Crippen molar-refractivity contribution >= 4 is 58.2 Å². The van der Waals surface area contributed by atoms with Gasteiger partial charge in [-0.3, -0.25) is 4.57 Å². The monoisotopic (exact) mass is 515 g/mol. The fourth-order valence-electron chi connectivity index (χ4n) is 3.11. The van der Waals surface area contributed by atoms with E-state index >= 15 is 0 Å². The third-order valence-corrected chi connectivity index (χ3v) is 5.76. The fourth-order valence-corrected chi connectivity index (χ4v) is 3.71. The number of imidazole rings is 1. The first kappa shape index (κ1) is 23.8. The van der Waals surface area contributed by atoms with Crippen LogP contribution in [-0.2, 0) is 0 Å². The van der Waals surface area contributed by atoms with E-state index in [0.29, 0.717) is 34.0 Å². The Hall–Kier alpha value is -3.33. The Balaban J connectivity index is 1.47. The minimum Gasteiger partial charge on any atom is -0.354 e. The highest BCUT2D eigenvalue weighted by Gasteiger charge is 2.12. The summed E-state index contributed by atoms with van der Waals surface area (Å²) in [6.07, 6.45) is 6.22. The zero-order valence-corrected chi connectivity index (χ0v) is 20.3. The van der Waals surface area contributed by atoms with Crippen LogP contribution in [0.5, 0.6) is 0 Å². The minimum atomic E-state index is -0.470. The average molecular weight is 517 g/mol. The smallest absolute Gasteiger partial charge is 0.323 e. The van der Waals surface area contributed by atoms with Crippen molar-refractivity contribution in [3.05, 3.63) is 76.1 Å². The number of hydrogen-bond donors (Lipinski definition) is 3. The van der Waals surface area contributed by atoms with E-state index in [1.807, 2.05) is 29.0 Å². The minimum absolute atomic E-state index is 0.282. The van der Waals surface area contributed by atoms with E-state index in [0.717, 1.165) is 18.5 Å². The van der Waals surface area contributed by atoms with Crippen molar-refractivity contribution in [1.82, 2.24) is 19.5 Å². The van der Waals surface area contributed by atoms with Gasteiger partial charge in [0.05, 0.1) is 20.8 Å². The van der Waals surface area contributed by atoms with Crippen molar-refractivity contribution in [2.75, 3.05) is 22.5 Å². The summed E-state index contributed by atoms with van der Waals surface area (Å²) in [4.78, 5) is 25.7. The van der Waals surface area contributed by atoms with Crippen LogP contribution in [0.2, 0.25) is 15.1 Å². The van der Waals surface area contributed by atoms with Gasteiger partial charge in [-0.05, 0) is 48.9 Å². The molecule has 2 heterocycles. The number of carbonyl (C=O) groups excluding carboxylic acids is 1. The molecule has 0 aliphatic rings. The molecule has 2 aromatic heterocycles. The maximum atomic E-state index is 12.4. The Morgan fingerprint density at radius 1 is 0.941 bits per heavy atom. The Morgan fingerprint density at radius 2 is 1.71 bits per heavy atom. The van der Waals surface area contributed by atoms with Crippen LogP contribution in [0.25, 0.3) is 17.2 Å². The molecule has 0 saturated heterocycles. The zero-order chi connectivity index (χ0) is 24.1. The summed E-state index contributed by atoms with van der Waals surface area (Å²) in [7, 11) is 0. The second kappa shape index (κ2) is 10.7. The molecule has 4 aromatic rings. The Morgan fingerprint density at radius 3 is 2.47 bits per heavy atom. The first-order valence-electron chi connectivity index (χ1n) is 10.4. The molecule has 0 atom stereocenters. The summed E-state index contributed by atoms with van der Waals surface area (Å²) in [6.45, 7) is 2.87. The molecular formula is C23H20Cl3N7O. The number of urea groups is 1. The molecule has 3 N–H and O–H groups in total. The summed E-state index contributed by atoms with van der Waals surface area (Å²) in [6, 6.07) is 11.6. The number of benzene rings is 2. The van der Waals surface area contributed by atoms with Gasteiger partial charge in [0, 0.05) is 36.4 Å². The van der Waals surface area contributed by atoms with E-state index in [1.165, 1.54) is 12.1 Å². The Bertz CT molecular complexity index is 1310. The Kier molecular flexibility index (Phi) is 7.52. The van der Waals surface area contributed by atoms with Crippen LogP contribution in [0, 0.1) is 0 Å². The largest absolute Gasteiger partial charge is 0.354 e. The van der Waals surface area contributed by atoms with Gasteiger partial charge in [-0.1, -0.05) is 41.7 Å². The third-order valence-electron chi connectivity index (χ3n) is 4.72. The molecule has 0 spiro atoms.